The fraction of sp³-hybridized carbons (Fsp3) is 0.379. The van der Waals surface area contributed by atoms with Gasteiger partial charge in [0.2, 0.25) is 5.91 Å². The van der Waals surface area contributed by atoms with Gasteiger partial charge in [-0.3, -0.25) is 9.59 Å². The number of hydrogen-bond acceptors (Lipinski definition) is 4. The van der Waals surface area contributed by atoms with Crippen LogP contribution in [0.1, 0.15) is 59.8 Å². The topological polar surface area (TPSA) is 66.4 Å². The second kappa shape index (κ2) is 9.61. The lowest BCUT2D eigenvalue weighted by Crippen LogP contribution is -2.51. The summed E-state index contributed by atoms with van der Waals surface area (Å²) in [7, 11) is 3.45. The first-order valence-corrected chi connectivity index (χ1v) is 12.1. The van der Waals surface area contributed by atoms with E-state index in [0.717, 1.165) is 29.7 Å². The van der Waals surface area contributed by atoms with Crippen LogP contribution in [0.3, 0.4) is 0 Å². The number of aryl methyl sites for hydroxylation is 1. The Kier molecular flexibility index (Phi) is 6.75. The van der Waals surface area contributed by atoms with E-state index >= 15 is 0 Å². The molecular formula is C29H34N4O2. The second-order valence-electron chi connectivity index (χ2n) is 10.1. The molecule has 6 nitrogen and oxygen atoms in total. The molecule has 0 aliphatic carbocycles. The molecule has 0 bridgehead atoms. The smallest absolute Gasteiger partial charge is 0.272 e. The van der Waals surface area contributed by atoms with Gasteiger partial charge < -0.3 is 9.80 Å². The summed E-state index contributed by atoms with van der Waals surface area (Å²) in [6, 6.07) is 21.7. The molecule has 4 rings (SSSR count). The van der Waals surface area contributed by atoms with E-state index in [1.165, 1.54) is 4.90 Å². The summed E-state index contributed by atoms with van der Waals surface area (Å²) < 4.78 is 0. The van der Waals surface area contributed by atoms with Crippen molar-refractivity contribution in [1.29, 1.82) is 0 Å². The number of carbonyl (C=O) groups is 2. The van der Waals surface area contributed by atoms with Crippen LogP contribution in [0.15, 0.2) is 66.7 Å². The standard InChI is InChI=1S/C29H34N4O2/c1-21-20-24(25(34)32(4)5)31-26(30-21)28(2)16-18-33(19-17-28)27(35)29(3,22-12-8-6-9-13-22)23-14-10-7-11-15-23/h6-15,20H,16-19H2,1-5H3. The van der Waals surface area contributed by atoms with Gasteiger partial charge >= 0.3 is 0 Å². The molecule has 0 spiro atoms. The van der Waals surface area contributed by atoms with Crippen LogP contribution in [0, 0.1) is 6.92 Å². The molecule has 1 aromatic heterocycles. The average molecular weight is 471 g/mol. The van der Waals surface area contributed by atoms with E-state index in [2.05, 4.69) is 11.9 Å². The molecule has 2 aromatic carbocycles. The van der Waals surface area contributed by atoms with Crippen LogP contribution in [-0.2, 0) is 15.6 Å². The van der Waals surface area contributed by atoms with Gasteiger partial charge in [0.25, 0.3) is 5.91 Å². The first-order valence-electron chi connectivity index (χ1n) is 12.1. The Morgan fingerprint density at radius 1 is 0.914 bits per heavy atom. The average Bonchev–Trinajstić information content (AvgIpc) is 2.88. The summed E-state index contributed by atoms with van der Waals surface area (Å²) in [5.41, 5.74) is 2.08. The molecule has 0 radical (unpaired) electrons. The van der Waals surface area contributed by atoms with Crippen LogP contribution >= 0.6 is 0 Å². The lowest BCUT2D eigenvalue weighted by Gasteiger charge is -2.42. The Morgan fingerprint density at radius 3 is 1.91 bits per heavy atom. The van der Waals surface area contributed by atoms with E-state index in [0.29, 0.717) is 24.6 Å². The van der Waals surface area contributed by atoms with Gasteiger partial charge in [0.1, 0.15) is 11.5 Å². The second-order valence-corrected chi connectivity index (χ2v) is 10.1. The summed E-state index contributed by atoms with van der Waals surface area (Å²) in [4.78, 5) is 39.5. The van der Waals surface area contributed by atoms with Crippen molar-refractivity contribution in [3.63, 3.8) is 0 Å². The van der Waals surface area contributed by atoms with Crippen LogP contribution < -0.4 is 0 Å². The highest BCUT2D eigenvalue weighted by molar-refractivity contribution is 5.92. The molecule has 1 saturated heterocycles. The summed E-state index contributed by atoms with van der Waals surface area (Å²) in [5.74, 6) is 0.656. The van der Waals surface area contributed by atoms with E-state index in [4.69, 9.17) is 4.98 Å². The minimum atomic E-state index is -0.776. The lowest BCUT2D eigenvalue weighted by molar-refractivity contribution is -0.137. The zero-order valence-electron chi connectivity index (χ0n) is 21.3. The molecule has 2 heterocycles. The molecule has 1 aliphatic rings. The van der Waals surface area contributed by atoms with E-state index in [1.807, 2.05) is 79.4 Å². The third-order valence-electron chi connectivity index (χ3n) is 7.30. The van der Waals surface area contributed by atoms with Crippen LogP contribution in [0.5, 0.6) is 0 Å². The van der Waals surface area contributed by atoms with Crippen molar-refractivity contribution in [1.82, 2.24) is 19.8 Å². The molecule has 0 N–H and O–H groups in total. The number of aromatic nitrogens is 2. The molecular weight excluding hydrogens is 436 g/mol. The molecule has 3 aromatic rings. The number of benzene rings is 2. The Bertz CT molecular complexity index is 1160. The van der Waals surface area contributed by atoms with Crippen LogP contribution in [0.25, 0.3) is 0 Å². The van der Waals surface area contributed by atoms with E-state index < -0.39 is 5.41 Å². The first kappa shape index (κ1) is 24.6. The van der Waals surface area contributed by atoms with Crippen molar-refractivity contribution in [2.24, 2.45) is 0 Å². The molecule has 35 heavy (non-hydrogen) atoms. The molecule has 0 unspecified atom stereocenters. The van der Waals surface area contributed by atoms with Crippen molar-refractivity contribution >= 4 is 11.8 Å². The molecule has 6 heteroatoms. The molecule has 182 valence electrons. The highest BCUT2D eigenvalue weighted by Gasteiger charge is 2.43. The third kappa shape index (κ3) is 4.70. The Labute approximate surface area is 208 Å². The monoisotopic (exact) mass is 470 g/mol. The molecule has 2 amide bonds. The minimum Gasteiger partial charge on any atom is -0.343 e. The number of hydrogen-bond donors (Lipinski definition) is 0. The quantitative estimate of drug-likeness (QED) is 0.555. The fourth-order valence-corrected chi connectivity index (χ4v) is 4.88. The lowest BCUT2D eigenvalue weighted by atomic mass is 9.73. The summed E-state index contributed by atoms with van der Waals surface area (Å²) in [6.07, 6.45) is 1.47. The van der Waals surface area contributed by atoms with Gasteiger partial charge in [0.05, 0.1) is 5.41 Å². The van der Waals surface area contributed by atoms with Gasteiger partial charge in [-0.1, -0.05) is 67.6 Å². The van der Waals surface area contributed by atoms with Crippen molar-refractivity contribution in [3.05, 3.63) is 95.1 Å². The van der Waals surface area contributed by atoms with Crippen molar-refractivity contribution < 1.29 is 9.59 Å². The zero-order valence-corrected chi connectivity index (χ0v) is 21.3. The largest absolute Gasteiger partial charge is 0.343 e. The molecule has 0 atom stereocenters. The van der Waals surface area contributed by atoms with Gasteiger partial charge in [-0.25, -0.2) is 9.97 Å². The summed E-state index contributed by atoms with van der Waals surface area (Å²) >= 11 is 0. The number of likely N-dealkylation sites (tertiary alicyclic amines) is 1. The SMILES string of the molecule is Cc1cc(C(=O)N(C)C)nc(C2(C)CCN(C(=O)C(C)(c3ccccc3)c3ccccc3)CC2)n1. The van der Waals surface area contributed by atoms with Crippen molar-refractivity contribution in [2.45, 2.75) is 44.4 Å². The predicted molar refractivity (Wildman–Crippen MR) is 137 cm³/mol. The van der Waals surface area contributed by atoms with Crippen LogP contribution in [0.2, 0.25) is 0 Å². The maximum absolute atomic E-state index is 14.1. The van der Waals surface area contributed by atoms with Crippen molar-refractivity contribution in [3.8, 4) is 0 Å². The highest BCUT2D eigenvalue weighted by atomic mass is 16.2. The van der Waals surface area contributed by atoms with Gasteiger partial charge in [-0.05, 0) is 43.9 Å². The molecule has 1 fully saturated rings. The molecule has 1 aliphatic heterocycles. The molecule has 0 saturated carbocycles. The van der Waals surface area contributed by atoms with E-state index in [9.17, 15) is 9.59 Å². The van der Waals surface area contributed by atoms with Gasteiger partial charge in [0, 0.05) is 38.3 Å². The summed E-state index contributed by atoms with van der Waals surface area (Å²) in [6.45, 7) is 7.28. The van der Waals surface area contributed by atoms with Crippen molar-refractivity contribution in [2.75, 3.05) is 27.2 Å². The Balaban J connectivity index is 1.60. The first-order chi connectivity index (χ1) is 16.6. The van der Waals surface area contributed by atoms with Gasteiger partial charge in [-0.15, -0.1) is 0 Å². The normalized spacial score (nSPS) is 15.5. The number of rotatable bonds is 5. The highest BCUT2D eigenvalue weighted by Crippen LogP contribution is 2.38. The third-order valence-corrected chi connectivity index (χ3v) is 7.30. The van der Waals surface area contributed by atoms with Crippen LogP contribution in [-0.4, -0.2) is 58.8 Å². The maximum Gasteiger partial charge on any atom is 0.272 e. The minimum absolute atomic E-state index is 0.102. The Morgan fingerprint density at radius 2 is 1.43 bits per heavy atom. The number of carbonyl (C=O) groups excluding carboxylic acids is 2. The van der Waals surface area contributed by atoms with Gasteiger partial charge in [0.15, 0.2) is 0 Å². The number of piperidine rings is 1. The number of nitrogens with zero attached hydrogens (tertiary/aromatic N) is 4. The summed E-state index contributed by atoms with van der Waals surface area (Å²) in [5, 5.41) is 0. The number of amides is 2. The predicted octanol–water partition coefficient (Wildman–Crippen LogP) is 4.37. The van der Waals surface area contributed by atoms with E-state index in [-0.39, 0.29) is 17.2 Å². The van der Waals surface area contributed by atoms with Gasteiger partial charge in [-0.2, -0.15) is 0 Å². The maximum atomic E-state index is 14.1. The fourth-order valence-electron chi connectivity index (χ4n) is 4.88. The van der Waals surface area contributed by atoms with Crippen LogP contribution in [0.4, 0.5) is 0 Å². The Hall–Kier alpha value is -3.54. The van der Waals surface area contributed by atoms with E-state index in [1.54, 1.807) is 20.2 Å². The zero-order chi connectivity index (χ0) is 25.2.